The lowest BCUT2D eigenvalue weighted by atomic mass is 10.1. The summed E-state index contributed by atoms with van der Waals surface area (Å²) >= 11 is 6.49. The minimum atomic E-state index is -0.275. The molecule has 0 heterocycles. The minimum Gasteiger partial charge on any atom is -0.490 e. The third-order valence-electron chi connectivity index (χ3n) is 4.52. The van der Waals surface area contributed by atoms with Crippen LogP contribution in [-0.4, -0.2) is 6.61 Å². The molecule has 0 amide bonds. The highest BCUT2D eigenvalue weighted by molar-refractivity contribution is 6.32. The largest absolute Gasteiger partial charge is 0.490 e. The lowest BCUT2D eigenvalue weighted by Gasteiger charge is -2.16. The summed E-state index contributed by atoms with van der Waals surface area (Å²) in [5, 5.41) is 3.88. The molecule has 0 fully saturated rings. The molecule has 0 aliphatic carbocycles. The van der Waals surface area contributed by atoms with Gasteiger partial charge in [-0.15, -0.1) is 0 Å². The summed E-state index contributed by atoms with van der Waals surface area (Å²) in [6, 6.07) is 18.4. The number of aryl methyl sites for hydroxylation is 1. The van der Waals surface area contributed by atoms with Crippen LogP contribution in [0.1, 0.15) is 30.5 Å². The first-order chi connectivity index (χ1) is 14.1. The van der Waals surface area contributed by atoms with Crippen molar-refractivity contribution in [2.24, 2.45) is 0 Å². The average Bonchev–Trinajstić information content (AvgIpc) is 2.73. The van der Waals surface area contributed by atoms with Crippen molar-refractivity contribution in [2.45, 2.75) is 33.4 Å². The molecule has 0 aliphatic rings. The zero-order valence-electron chi connectivity index (χ0n) is 16.7. The van der Waals surface area contributed by atoms with E-state index in [4.69, 9.17) is 21.1 Å². The highest BCUT2D eigenvalue weighted by Gasteiger charge is 2.13. The van der Waals surface area contributed by atoms with Crippen LogP contribution in [0.5, 0.6) is 11.5 Å². The molecule has 29 heavy (non-hydrogen) atoms. The molecule has 0 unspecified atom stereocenters. The average molecular weight is 414 g/mol. The van der Waals surface area contributed by atoms with Gasteiger partial charge >= 0.3 is 0 Å². The number of anilines is 1. The number of halogens is 2. The quantitative estimate of drug-likeness (QED) is 0.427. The van der Waals surface area contributed by atoms with Gasteiger partial charge in [-0.25, -0.2) is 4.39 Å². The van der Waals surface area contributed by atoms with Gasteiger partial charge in [0.05, 0.1) is 11.6 Å². The Morgan fingerprint density at radius 2 is 1.55 bits per heavy atom. The predicted octanol–water partition coefficient (Wildman–Crippen LogP) is 6.63. The zero-order chi connectivity index (χ0) is 20.6. The highest BCUT2D eigenvalue weighted by atomic mass is 35.5. The van der Waals surface area contributed by atoms with Crippen LogP contribution in [0.3, 0.4) is 0 Å². The van der Waals surface area contributed by atoms with Gasteiger partial charge in [0.2, 0.25) is 0 Å². The van der Waals surface area contributed by atoms with Crippen LogP contribution in [-0.2, 0) is 19.6 Å². The van der Waals surface area contributed by atoms with Crippen molar-refractivity contribution in [2.75, 3.05) is 11.9 Å². The van der Waals surface area contributed by atoms with Crippen LogP contribution in [0.15, 0.2) is 60.7 Å². The Morgan fingerprint density at radius 1 is 0.862 bits per heavy atom. The van der Waals surface area contributed by atoms with Crippen molar-refractivity contribution in [1.29, 1.82) is 0 Å². The third-order valence-corrected chi connectivity index (χ3v) is 4.81. The van der Waals surface area contributed by atoms with Gasteiger partial charge in [-0.1, -0.05) is 42.8 Å². The first kappa shape index (κ1) is 21.0. The standard InChI is InChI=1S/C24H25ClFNO2/c1-3-17-7-11-21(12-8-17)27-15-19-13-22(25)24(23(14-19)28-4-2)29-16-18-5-9-20(26)10-6-18/h5-14,27H,3-4,15-16H2,1-2H3. The van der Waals surface area contributed by atoms with Crippen LogP contribution in [0.4, 0.5) is 10.1 Å². The van der Waals surface area contributed by atoms with Crippen LogP contribution >= 0.6 is 11.6 Å². The number of benzene rings is 3. The second-order valence-electron chi connectivity index (χ2n) is 6.66. The Balaban J connectivity index is 1.71. The van der Waals surface area contributed by atoms with Gasteiger partial charge < -0.3 is 14.8 Å². The summed E-state index contributed by atoms with van der Waals surface area (Å²) in [4.78, 5) is 0. The fraction of sp³-hybridized carbons (Fsp3) is 0.250. The van der Waals surface area contributed by atoms with Crippen LogP contribution < -0.4 is 14.8 Å². The zero-order valence-corrected chi connectivity index (χ0v) is 17.4. The molecule has 0 saturated carbocycles. The Labute approximate surface area is 176 Å². The molecule has 0 radical (unpaired) electrons. The molecule has 0 saturated heterocycles. The fourth-order valence-electron chi connectivity index (χ4n) is 2.93. The summed E-state index contributed by atoms with van der Waals surface area (Å²) in [7, 11) is 0. The Bertz CT molecular complexity index is 927. The Hall–Kier alpha value is -2.72. The SMILES string of the molecule is CCOc1cc(CNc2ccc(CC)cc2)cc(Cl)c1OCc1ccc(F)cc1. The summed E-state index contributed by atoms with van der Waals surface area (Å²) in [5.74, 6) is 0.817. The number of ether oxygens (including phenoxy) is 2. The summed E-state index contributed by atoms with van der Waals surface area (Å²) in [5.41, 5.74) is 4.20. The van der Waals surface area contributed by atoms with E-state index in [1.165, 1.54) is 17.7 Å². The van der Waals surface area contributed by atoms with Crippen LogP contribution in [0.2, 0.25) is 5.02 Å². The summed E-state index contributed by atoms with van der Waals surface area (Å²) in [6.07, 6.45) is 1.02. The monoisotopic (exact) mass is 413 g/mol. The molecule has 0 aromatic heterocycles. The van der Waals surface area contributed by atoms with Gasteiger partial charge in [-0.2, -0.15) is 0 Å². The topological polar surface area (TPSA) is 30.5 Å². The van der Waals surface area contributed by atoms with Crippen LogP contribution in [0.25, 0.3) is 0 Å². The highest BCUT2D eigenvalue weighted by Crippen LogP contribution is 2.37. The first-order valence-corrected chi connectivity index (χ1v) is 10.1. The molecule has 5 heteroatoms. The Morgan fingerprint density at radius 3 is 2.21 bits per heavy atom. The molecule has 1 N–H and O–H groups in total. The maximum atomic E-state index is 13.1. The van der Waals surface area contributed by atoms with Crippen molar-refractivity contribution >= 4 is 17.3 Å². The normalized spacial score (nSPS) is 10.6. The number of rotatable bonds is 9. The van der Waals surface area contributed by atoms with Crippen molar-refractivity contribution in [1.82, 2.24) is 0 Å². The van der Waals surface area contributed by atoms with Gasteiger partial charge in [0, 0.05) is 12.2 Å². The lowest BCUT2D eigenvalue weighted by molar-refractivity contribution is 0.269. The smallest absolute Gasteiger partial charge is 0.180 e. The van der Waals surface area contributed by atoms with E-state index in [2.05, 4.69) is 36.5 Å². The minimum absolute atomic E-state index is 0.275. The van der Waals surface area contributed by atoms with E-state index in [9.17, 15) is 4.39 Å². The first-order valence-electron chi connectivity index (χ1n) is 9.74. The van der Waals surface area contributed by atoms with Gasteiger partial charge in [0.25, 0.3) is 0 Å². The predicted molar refractivity (Wildman–Crippen MR) is 116 cm³/mol. The van der Waals surface area contributed by atoms with E-state index in [1.807, 2.05) is 19.1 Å². The second-order valence-corrected chi connectivity index (χ2v) is 7.06. The number of nitrogens with one attached hydrogen (secondary N) is 1. The van der Waals surface area contributed by atoms with E-state index in [1.54, 1.807) is 12.1 Å². The van der Waals surface area contributed by atoms with E-state index >= 15 is 0 Å². The van der Waals surface area contributed by atoms with E-state index in [0.29, 0.717) is 29.7 Å². The van der Waals surface area contributed by atoms with E-state index < -0.39 is 0 Å². The molecule has 3 aromatic carbocycles. The maximum Gasteiger partial charge on any atom is 0.180 e. The number of hydrogen-bond acceptors (Lipinski definition) is 3. The lowest BCUT2D eigenvalue weighted by Crippen LogP contribution is -2.04. The van der Waals surface area contributed by atoms with Crippen molar-refractivity contribution in [3.8, 4) is 11.5 Å². The van der Waals surface area contributed by atoms with Crippen LogP contribution in [0, 0.1) is 5.82 Å². The van der Waals surface area contributed by atoms with Crippen molar-refractivity contribution in [3.05, 3.63) is 88.2 Å². The summed E-state index contributed by atoms with van der Waals surface area (Å²) < 4.78 is 24.7. The third kappa shape index (κ3) is 5.88. The van der Waals surface area contributed by atoms with Gasteiger partial charge in [-0.05, 0) is 66.4 Å². The molecular formula is C24H25ClFNO2. The summed E-state index contributed by atoms with van der Waals surface area (Å²) in [6.45, 7) is 5.45. The van der Waals surface area contributed by atoms with Gasteiger partial charge in [0.15, 0.2) is 11.5 Å². The van der Waals surface area contributed by atoms with E-state index in [-0.39, 0.29) is 12.4 Å². The van der Waals surface area contributed by atoms with Gasteiger partial charge in [0.1, 0.15) is 12.4 Å². The molecular weight excluding hydrogens is 389 g/mol. The fourth-order valence-corrected chi connectivity index (χ4v) is 3.21. The Kier molecular flexibility index (Phi) is 7.36. The molecule has 3 aromatic rings. The molecule has 3 nitrogen and oxygen atoms in total. The molecule has 0 aliphatic heterocycles. The molecule has 152 valence electrons. The molecule has 0 spiro atoms. The molecule has 0 atom stereocenters. The second kappa shape index (κ2) is 10.2. The van der Waals surface area contributed by atoms with E-state index in [0.717, 1.165) is 23.2 Å². The van der Waals surface area contributed by atoms with Crippen molar-refractivity contribution in [3.63, 3.8) is 0 Å². The van der Waals surface area contributed by atoms with Gasteiger partial charge in [-0.3, -0.25) is 0 Å². The number of hydrogen-bond donors (Lipinski definition) is 1. The molecule has 0 bridgehead atoms. The molecule has 3 rings (SSSR count). The van der Waals surface area contributed by atoms with Crippen molar-refractivity contribution < 1.29 is 13.9 Å². The maximum absolute atomic E-state index is 13.1.